The molecule has 0 aliphatic rings. The third kappa shape index (κ3) is 1.94. The third-order valence-electron chi connectivity index (χ3n) is 1.80. The average Bonchev–Trinajstić information content (AvgIpc) is 2.69. The van der Waals surface area contributed by atoms with E-state index in [4.69, 9.17) is 11.6 Å². The second-order valence-corrected chi connectivity index (χ2v) is 3.25. The number of nitro groups is 1. The second kappa shape index (κ2) is 3.66. The minimum absolute atomic E-state index is 0.0690. The molecule has 0 fully saturated rings. The Morgan fingerprint density at radius 3 is 2.80 bits per heavy atom. The van der Waals surface area contributed by atoms with Crippen LogP contribution in [0.15, 0.2) is 24.4 Å². The van der Waals surface area contributed by atoms with Gasteiger partial charge in [0.2, 0.25) is 0 Å². The van der Waals surface area contributed by atoms with Crippen molar-refractivity contribution in [2.45, 2.75) is 0 Å². The number of aromatic amines is 1. The zero-order valence-corrected chi connectivity index (χ0v) is 8.10. The molecule has 0 amide bonds. The molecule has 2 aromatic rings. The van der Waals surface area contributed by atoms with Crippen molar-refractivity contribution in [2.75, 3.05) is 0 Å². The van der Waals surface area contributed by atoms with Gasteiger partial charge in [-0.3, -0.25) is 10.1 Å². The van der Waals surface area contributed by atoms with Crippen molar-refractivity contribution in [1.29, 1.82) is 0 Å². The van der Waals surface area contributed by atoms with Crippen molar-refractivity contribution in [1.82, 2.24) is 15.4 Å². The lowest BCUT2D eigenvalue weighted by molar-refractivity contribution is -0.384. The van der Waals surface area contributed by atoms with Crippen molar-refractivity contribution < 1.29 is 4.92 Å². The van der Waals surface area contributed by atoms with Crippen LogP contribution in [0.4, 0.5) is 5.69 Å². The number of nitrogens with one attached hydrogen (secondary N) is 1. The van der Waals surface area contributed by atoms with Gasteiger partial charge in [0.25, 0.3) is 5.69 Å². The Kier molecular flexibility index (Phi) is 2.34. The van der Waals surface area contributed by atoms with Gasteiger partial charge in [0, 0.05) is 22.7 Å². The van der Waals surface area contributed by atoms with E-state index in [-0.39, 0.29) is 5.69 Å². The molecule has 15 heavy (non-hydrogen) atoms. The van der Waals surface area contributed by atoms with Gasteiger partial charge in [-0.05, 0) is 6.07 Å². The number of hydrogen-bond donors (Lipinski definition) is 1. The first kappa shape index (κ1) is 9.60. The van der Waals surface area contributed by atoms with Gasteiger partial charge in [-0.1, -0.05) is 11.6 Å². The maximum atomic E-state index is 10.6. The number of rotatable bonds is 2. The largest absolute Gasteiger partial charge is 0.271 e. The van der Waals surface area contributed by atoms with Crippen LogP contribution >= 0.6 is 11.6 Å². The summed E-state index contributed by atoms with van der Waals surface area (Å²) in [4.78, 5) is 10.1. The zero-order valence-electron chi connectivity index (χ0n) is 7.35. The Morgan fingerprint density at radius 1 is 1.40 bits per heavy atom. The smallest absolute Gasteiger partial charge is 0.258 e. The molecule has 2 rings (SSSR count). The Bertz CT molecular complexity index is 497. The Labute approximate surface area is 89.0 Å². The van der Waals surface area contributed by atoms with Crippen LogP contribution in [0, 0.1) is 10.1 Å². The van der Waals surface area contributed by atoms with Gasteiger partial charge in [0.1, 0.15) is 5.69 Å². The van der Waals surface area contributed by atoms with Crippen molar-refractivity contribution in [3.05, 3.63) is 39.5 Å². The maximum Gasteiger partial charge on any atom is 0.271 e. The Hall–Kier alpha value is -1.95. The van der Waals surface area contributed by atoms with Crippen LogP contribution in [0.3, 0.4) is 0 Å². The fourth-order valence-corrected chi connectivity index (χ4v) is 1.40. The molecule has 6 nitrogen and oxygen atoms in total. The summed E-state index contributed by atoms with van der Waals surface area (Å²) >= 11 is 5.75. The number of halogens is 1. The van der Waals surface area contributed by atoms with E-state index >= 15 is 0 Å². The standard InChI is InChI=1S/C8H5ClN4O2/c9-6-1-5(8-4-10-12-11-8)2-7(3-6)13(14)15/h1-4H,(H,10,11,12). The molecule has 7 heteroatoms. The first-order chi connectivity index (χ1) is 7.16. The predicted molar refractivity (Wildman–Crippen MR) is 53.5 cm³/mol. The molecule has 0 aliphatic carbocycles. The van der Waals surface area contributed by atoms with E-state index in [0.717, 1.165) is 0 Å². The van der Waals surface area contributed by atoms with E-state index in [9.17, 15) is 10.1 Å². The van der Waals surface area contributed by atoms with E-state index < -0.39 is 4.92 Å². The quantitative estimate of drug-likeness (QED) is 0.625. The number of H-pyrrole nitrogens is 1. The molecule has 0 saturated carbocycles. The topological polar surface area (TPSA) is 84.7 Å². The molecule has 1 heterocycles. The average molecular weight is 225 g/mol. The highest BCUT2D eigenvalue weighted by molar-refractivity contribution is 6.31. The molecule has 0 atom stereocenters. The molecule has 76 valence electrons. The molecule has 0 unspecified atom stereocenters. The summed E-state index contributed by atoms with van der Waals surface area (Å²) in [6.45, 7) is 0. The summed E-state index contributed by atoms with van der Waals surface area (Å²) in [6.07, 6.45) is 1.47. The van der Waals surface area contributed by atoms with Crippen LogP contribution in [0.1, 0.15) is 0 Å². The summed E-state index contributed by atoms with van der Waals surface area (Å²) < 4.78 is 0. The lowest BCUT2D eigenvalue weighted by Crippen LogP contribution is -1.89. The monoisotopic (exact) mass is 224 g/mol. The molecule has 0 spiro atoms. The zero-order chi connectivity index (χ0) is 10.8. The Balaban J connectivity index is 2.54. The fraction of sp³-hybridized carbons (Fsp3) is 0. The van der Waals surface area contributed by atoms with Gasteiger partial charge < -0.3 is 0 Å². The fourth-order valence-electron chi connectivity index (χ4n) is 1.17. The number of non-ortho nitro benzene ring substituents is 1. The molecule has 1 aromatic heterocycles. The summed E-state index contributed by atoms with van der Waals surface area (Å²) in [5.74, 6) is 0. The van der Waals surface area contributed by atoms with Crippen LogP contribution in [-0.2, 0) is 0 Å². The van der Waals surface area contributed by atoms with Crippen molar-refractivity contribution in [2.24, 2.45) is 0 Å². The van der Waals surface area contributed by atoms with Gasteiger partial charge in [-0.25, -0.2) is 0 Å². The highest BCUT2D eigenvalue weighted by Crippen LogP contribution is 2.26. The molecule has 0 aliphatic heterocycles. The van der Waals surface area contributed by atoms with Gasteiger partial charge in [0.05, 0.1) is 11.1 Å². The third-order valence-corrected chi connectivity index (χ3v) is 2.02. The van der Waals surface area contributed by atoms with E-state index in [1.54, 1.807) is 6.07 Å². The van der Waals surface area contributed by atoms with Gasteiger partial charge >= 0.3 is 0 Å². The molecular formula is C8H5ClN4O2. The first-order valence-electron chi connectivity index (χ1n) is 3.98. The van der Waals surface area contributed by atoms with E-state index in [1.165, 1.54) is 18.3 Å². The van der Waals surface area contributed by atoms with Crippen LogP contribution in [0.5, 0.6) is 0 Å². The summed E-state index contributed by atoms with van der Waals surface area (Å²) in [6, 6.07) is 4.27. The number of nitrogens with zero attached hydrogens (tertiary/aromatic N) is 3. The number of aromatic nitrogens is 3. The molecule has 0 saturated heterocycles. The summed E-state index contributed by atoms with van der Waals surface area (Å²) in [7, 11) is 0. The van der Waals surface area contributed by atoms with Crippen LogP contribution in [-0.4, -0.2) is 20.3 Å². The first-order valence-corrected chi connectivity index (χ1v) is 4.36. The summed E-state index contributed by atoms with van der Waals surface area (Å²) in [5, 5.41) is 20.7. The molecule has 0 radical (unpaired) electrons. The van der Waals surface area contributed by atoms with Crippen molar-refractivity contribution in [3.8, 4) is 11.3 Å². The molecule has 0 bridgehead atoms. The predicted octanol–water partition coefficient (Wildman–Crippen LogP) is 2.03. The summed E-state index contributed by atoms with van der Waals surface area (Å²) in [5.41, 5.74) is 1.00. The number of nitro benzene ring substituents is 1. The van der Waals surface area contributed by atoms with Crippen LogP contribution in [0.2, 0.25) is 5.02 Å². The van der Waals surface area contributed by atoms with Gasteiger partial charge in [0.15, 0.2) is 0 Å². The van der Waals surface area contributed by atoms with Crippen LogP contribution in [0.25, 0.3) is 11.3 Å². The Morgan fingerprint density at radius 2 is 2.20 bits per heavy atom. The second-order valence-electron chi connectivity index (χ2n) is 2.81. The normalized spacial score (nSPS) is 10.2. The molecule has 1 N–H and O–H groups in total. The minimum Gasteiger partial charge on any atom is -0.258 e. The van der Waals surface area contributed by atoms with E-state index in [0.29, 0.717) is 16.3 Å². The SMILES string of the molecule is O=[N+]([O-])c1cc(Cl)cc(-c2cn[nH]n2)c1. The van der Waals surface area contributed by atoms with E-state index in [1.807, 2.05) is 0 Å². The maximum absolute atomic E-state index is 10.6. The van der Waals surface area contributed by atoms with Gasteiger partial charge in [-0.15, -0.1) is 0 Å². The lowest BCUT2D eigenvalue weighted by Gasteiger charge is -1.97. The lowest BCUT2D eigenvalue weighted by atomic mass is 10.1. The van der Waals surface area contributed by atoms with Gasteiger partial charge in [-0.2, -0.15) is 15.4 Å². The molecule has 1 aromatic carbocycles. The van der Waals surface area contributed by atoms with Crippen LogP contribution < -0.4 is 0 Å². The minimum atomic E-state index is -0.505. The number of benzene rings is 1. The highest BCUT2D eigenvalue weighted by atomic mass is 35.5. The molecular weight excluding hydrogens is 220 g/mol. The highest BCUT2D eigenvalue weighted by Gasteiger charge is 2.11. The number of hydrogen-bond acceptors (Lipinski definition) is 4. The van der Waals surface area contributed by atoms with E-state index in [2.05, 4.69) is 15.4 Å². The van der Waals surface area contributed by atoms with Crippen molar-refractivity contribution in [3.63, 3.8) is 0 Å². The van der Waals surface area contributed by atoms with Crippen molar-refractivity contribution >= 4 is 17.3 Å².